The summed E-state index contributed by atoms with van der Waals surface area (Å²) in [6.45, 7) is 12.8. The van der Waals surface area contributed by atoms with E-state index in [1.165, 1.54) is 4.90 Å². The van der Waals surface area contributed by atoms with Crippen molar-refractivity contribution in [2.45, 2.75) is 64.6 Å². The molecule has 0 spiro atoms. The lowest BCUT2D eigenvalue weighted by Crippen LogP contribution is -2.65. The maximum atomic E-state index is 13.7. The van der Waals surface area contributed by atoms with E-state index in [4.69, 9.17) is 74.4 Å². The molecule has 16 heteroatoms. The molecule has 2 aliphatic rings. The fourth-order valence-electron chi connectivity index (χ4n) is 6.98. The number of carbonyl (C=O) groups is 3. The van der Waals surface area contributed by atoms with Gasteiger partial charge in [0.2, 0.25) is 0 Å². The molecule has 0 bridgehead atoms. The normalized spacial score (nSPS) is 16.0. The number of nitrogens with zero attached hydrogens (tertiary/aromatic N) is 6. The van der Waals surface area contributed by atoms with Crippen LogP contribution in [0, 0.1) is 0 Å². The van der Waals surface area contributed by atoms with Gasteiger partial charge in [-0.2, -0.15) is 0 Å². The highest BCUT2D eigenvalue weighted by Crippen LogP contribution is 2.39. The fourth-order valence-corrected chi connectivity index (χ4v) is 8.60. The van der Waals surface area contributed by atoms with Crippen molar-refractivity contribution >= 4 is 93.1 Å². The van der Waals surface area contributed by atoms with Gasteiger partial charge >= 0.3 is 12.1 Å². The first-order chi connectivity index (χ1) is 27.5. The second-order valence-corrected chi connectivity index (χ2v) is 18.7. The Labute approximate surface area is 376 Å². The number of rotatable bonds is 10. The molecular weight excluding hydrogens is 877 g/mol. The predicted molar refractivity (Wildman–Crippen MR) is 240 cm³/mol. The first kappa shape index (κ1) is 46.8. The van der Waals surface area contributed by atoms with Crippen molar-refractivity contribution in [1.82, 2.24) is 24.7 Å². The van der Waals surface area contributed by atoms with Crippen LogP contribution in [0.2, 0.25) is 30.1 Å². The summed E-state index contributed by atoms with van der Waals surface area (Å²) in [6.07, 6.45) is 0.107. The van der Waals surface area contributed by atoms with Gasteiger partial charge in [-0.15, -0.1) is 5.06 Å². The fraction of sp³-hybridized carbons (Fsp3) is 0.372. The van der Waals surface area contributed by atoms with E-state index in [-0.39, 0.29) is 37.6 Å². The Morgan fingerprint density at radius 3 is 1.44 bits per heavy atom. The molecule has 0 aliphatic carbocycles. The Bertz CT molecular complexity index is 2050. The molecule has 316 valence electrons. The first-order valence-electron chi connectivity index (χ1n) is 18.7. The molecule has 0 radical (unpaired) electrons. The van der Waals surface area contributed by atoms with Crippen LogP contribution >= 0.6 is 69.6 Å². The maximum Gasteiger partial charge on any atom is 0.327 e. The predicted octanol–water partition coefficient (Wildman–Crippen LogP) is 11.7. The second-order valence-electron chi connectivity index (χ2n) is 16.1. The number of carbonyl (C=O) groups excluding carboxylic acids is 3. The molecule has 10 nitrogen and oxygen atoms in total. The standard InChI is InChI=1S/C22H25Cl4N3O.C21H23Cl2N3O3/c1-21(2,14-6-16(23)10-17(24)7-14)28-12-27(5)13-29(20(28)30)22(3,4)15-8-18(25)11-19(26)9-15;1-21(2,19(27)11-15-9-16(22)12-17(23)10-15)26-14-24(29-3)13-25(20(26)28)18-7-5-4-6-8-18/h6-11H,12-13H2,1-5H3;4-10,12H,11,13-14H2,1-3H3. The third kappa shape index (κ3) is 10.8. The summed E-state index contributed by atoms with van der Waals surface area (Å²) >= 11 is 37.1. The van der Waals surface area contributed by atoms with Crippen LogP contribution in [0.5, 0.6) is 0 Å². The molecule has 0 aromatic heterocycles. The Hall–Kier alpha value is -3.29. The van der Waals surface area contributed by atoms with E-state index in [9.17, 15) is 14.4 Å². The largest absolute Gasteiger partial charge is 0.327 e. The van der Waals surface area contributed by atoms with Crippen LogP contribution in [0.1, 0.15) is 58.2 Å². The molecule has 59 heavy (non-hydrogen) atoms. The lowest BCUT2D eigenvalue weighted by Gasteiger charge is -2.52. The molecule has 0 saturated carbocycles. The Kier molecular flexibility index (Phi) is 14.9. The van der Waals surface area contributed by atoms with Crippen molar-refractivity contribution in [2.75, 3.05) is 45.7 Å². The van der Waals surface area contributed by atoms with Crippen molar-refractivity contribution in [3.8, 4) is 0 Å². The van der Waals surface area contributed by atoms with Crippen LogP contribution in [-0.4, -0.2) is 88.9 Å². The molecule has 2 fully saturated rings. The van der Waals surface area contributed by atoms with E-state index in [1.54, 1.807) is 61.3 Å². The lowest BCUT2D eigenvalue weighted by atomic mass is 9.90. The van der Waals surface area contributed by atoms with Crippen molar-refractivity contribution < 1.29 is 19.2 Å². The molecule has 6 rings (SSSR count). The van der Waals surface area contributed by atoms with Crippen molar-refractivity contribution in [1.29, 1.82) is 0 Å². The Morgan fingerprint density at radius 2 is 1.02 bits per heavy atom. The zero-order valence-electron chi connectivity index (χ0n) is 34.2. The molecule has 2 aliphatic heterocycles. The molecule has 4 aromatic carbocycles. The Balaban J connectivity index is 0.000000224. The summed E-state index contributed by atoms with van der Waals surface area (Å²) in [7, 11) is 3.52. The second kappa shape index (κ2) is 18.8. The summed E-state index contributed by atoms with van der Waals surface area (Å²) in [5.74, 6) is -0.129. The third-order valence-electron chi connectivity index (χ3n) is 10.7. The topological polar surface area (TPSA) is 79.9 Å². The number of benzene rings is 4. The van der Waals surface area contributed by atoms with Crippen LogP contribution < -0.4 is 4.90 Å². The zero-order chi connectivity index (χ0) is 43.6. The minimum atomic E-state index is -1.07. The van der Waals surface area contributed by atoms with Crippen LogP contribution in [0.4, 0.5) is 15.3 Å². The highest BCUT2D eigenvalue weighted by atomic mass is 35.5. The quantitative estimate of drug-likeness (QED) is 0.158. The number of hydroxylamine groups is 2. The third-order valence-corrected chi connectivity index (χ3v) is 12.1. The van der Waals surface area contributed by atoms with Gasteiger partial charge in [-0.3, -0.25) is 24.3 Å². The van der Waals surface area contributed by atoms with Crippen LogP contribution in [0.3, 0.4) is 0 Å². The van der Waals surface area contributed by atoms with Gasteiger partial charge in [0.25, 0.3) is 0 Å². The highest BCUT2D eigenvalue weighted by molar-refractivity contribution is 6.35. The minimum absolute atomic E-state index is 0.0877. The van der Waals surface area contributed by atoms with Gasteiger partial charge < -0.3 is 9.80 Å². The van der Waals surface area contributed by atoms with Crippen molar-refractivity contribution in [2.24, 2.45) is 0 Å². The monoisotopic (exact) mass is 922 g/mol. The van der Waals surface area contributed by atoms with E-state index < -0.39 is 16.6 Å². The van der Waals surface area contributed by atoms with E-state index in [0.29, 0.717) is 49.0 Å². The number of para-hydroxylation sites is 1. The number of halogens is 6. The zero-order valence-corrected chi connectivity index (χ0v) is 38.7. The molecule has 4 amide bonds. The number of anilines is 1. The van der Waals surface area contributed by atoms with Crippen LogP contribution in [-0.2, 0) is 27.1 Å². The summed E-state index contributed by atoms with van der Waals surface area (Å²) in [6, 6.07) is 24.7. The van der Waals surface area contributed by atoms with Gasteiger partial charge in [0.15, 0.2) is 5.78 Å². The van der Waals surface area contributed by atoms with E-state index in [1.807, 2.05) is 99.1 Å². The summed E-state index contributed by atoms with van der Waals surface area (Å²) in [5, 5.41) is 4.70. The van der Waals surface area contributed by atoms with Crippen LogP contribution in [0.15, 0.2) is 84.9 Å². The molecule has 0 atom stereocenters. The van der Waals surface area contributed by atoms with E-state index >= 15 is 0 Å². The number of Topliss-reactive ketones (excluding diaryl/α,β-unsaturated/α-hetero) is 1. The molecule has 2 heterocycles. The van der Waals surface area contributed by atoms with Gasteiger partial charge in [-0.05, 0) is 132 Å². The lowest BCUT2D eigenvalue weighted by molar-refractivity contribution is -0.171. The smallest absolute Gasteiger partial charge is 0.302 e. The Morgan fingerprint density at radius 1 is 0.593 bits per heavy atom. The van der Waals surface area contributed by atoms with Gasteiger partial charge in [0, 0.05) is 42.2 Å². The van der Waals surface area contributed by atoms with Crippen molar-refractivity contribution in [3.63, 3.8) is 0 Å². The number of urea groups is 2. The average Bonchev–Trinajstić information content (AvgIpc) is 3.15. The van der Waals surface area contributed by atoms with Crippen molar-refractivity contribution in [3.05, 3.63) is 132 Å². The molecule has 4 aromatic rings. The number of hydrogen-bond donors (Lipinski definition) is 0. The van der Waals surface area contributed by atoms with E-state index in [2.05, 4.69) is 4.90 Å². The number of hydrogen-bond acceptors (Lipinski definition) is 6. The number of amides is 4. The average molecular weight is 926 g/mol. The SMILES string of the molecule is CN1CN(C(C)(C)c2cc(Cl)cc(Cl)c2)C(=O)N(C(C)(C)c2cc(Cl)cc(Cl)c2)C1.CON1CN(c2ccccc2)C(=O)N(C(C)(C)C(=O)Cc2cc(Cl)cc(Cl)c2)C1. The molecule has 0 unspecified atom stereocenters. The molecule has 2 saturated heterocycles. The summed E-state index contributed by atoms with van der Waals surface area (Å²) < 4.78 is 0. The van der Waals surface area contributed by atoms with Crippen LogP contribution in [0.25, 0.3) is 0 Å². The van der Waals surface area contributed by atoms with Gasteiger partial charge in [0.05, 0.1) is 37.1 Å². The highest BCUT2D eigenvalue weighted by Gasteiger charge is 2.46. The minimum Gasteiger partial charge on any atom is -0.302 e. The number of ketones is 1. The van der Waals surface area contributed by atoms with Gasteiger partial charge in [-0.25, -0.2) is 9.59 Å². The van der Waals surface area contributed by atoms with E-state index in [0.717, 1.165) is 16.8 Å². The summed E-state index contributed by atoms with van der Waals surface area (Å²) in [4.78, 5) is 54.4. The molecular formula is C43H48Cl6N6O4. The summed E-state index contributed by atoms with van der Waals surface area (Å²) in [5.41, 5.74) is 0.819. The van der Waals surface area contributed by atoms with Gasteiger partial charge in [0.1, 0.15) is 13.3 Å². The molecule has 0 N–H and O–H groups in total. The maximum absolute atomic E-state index is 13.7. The van der Waals surface area contributed by atoms with Gasteiger partial charge in [-0.1, -0.05) is 87.8 Å². The first-order valence-corrected chi connectivity index (χ1v) is 20.9.